The molecule has 2 aromatic rings. The van der Waals surface area contributed by atoms with Gasteiger partial charge < -0.3 is 5.32 Å². The van der Waals surface area contributed by atoms with Crippen LogP contribution < -0.4 is 5.32 Å². The number of nitrogens with one attached hydrogen (secondary N) is 1. The van der Waals surface area contributed by atoms with Gasteiger partial charge in [-0.25, -0.2) is 0 Å². The number of rotatable bonds is 4. The molecule has 3 heteroatoms. The Hall–Kier alpha value is -1.38. The van der Waals surface area contributed by atoms with Crippen molar-refractivity contribution in [1.82, 2.24) is 10.3 Å². The van der Waals surface area contributed by atoms with Gasteiger partial charge in [-0.1, -0.05) is 36.7 Å². The van der Waals surface area contributed by atoms with Gasteiger partial charge in [-0.15, -0.1) is 0 Å². The van der Waals surface area contributed by atoms with Gasteiger partial charge in [0, 0.05) is 28.9 Å². The predicted molar refractivity (Wildman–Crippen MR) is 80.6 cm³/mol. The van der Waals surface area contributed by atoms with Gasteiger partial charge in [0.05, 0.1) is 0 Å². The SMILES string of the molecule is CNC(c1ccc(Cl)c(C)c1)C(C)c1ccccn1. The highest BCUT2D eigenvalue weighted by Crippen LogP contribution is 2.30. The van der Waals surface area contributed by atoms with Crippen LogP contribution >= 0.6 is 11.6 Å². The van der Waals surface area contributed by atoms with Crippen LogP contribution in [0.15, 0.2) is 42.6 Å². The molecule has 0 aliphatic heterocycles. The Morgan fingerprint density at radius 3 is 2.58 bits per heavy atom. The summed E-state index contributed by atoms with van der Waals surface area (Å²) < 4.78 is 0. The fourth-order valence-electron chi connectivity index (χ4n) is 2.38. The van der Waals surface area contributed by atoms with E-state index in [9.17, 15) is 0 Å². The Kier molecular flexibility index (Phi) is 4.56. The molecule has 0 amide bonds. The van der Waals surface area contributed by atoms with Crippen LogP contribution in [-0.2, 0) is 0 Å². The van der Waals surface area contributed by atoms with Gasteiger partial charge >= 0.3 is 0 Å². The highest BCUT2D eigenvalue weighted by atomic mass is 35.5. The number of hydrogen-bond donors (Lipinski definition) is 1. The number of pyridine rings is 1. The summed E-state index contributed by atoms with van der Waals surface area (Å²) in [5.41, 5.74) is 3.43. The van der Waals surface area contributed by atoms with Crippen LogP contribution in [0.3, 0.4) is 0 Å². The molecule has 0 radical (unpaired) electrons. The number of benzene rings is 1. The molecule has 1 heterocycles. The van der Waals surface area contributed by atoms with Crippen LogP contribution in [0, 0.1) is 6.92 Å². The van der Waals surface area contributed by atoms with E-state index in [0.29, 0.717) is 5.92 Å². The number of nitrogens with zero attached hydrogens (tertiary/aromatic N) is 1. The monoisotopic (exact) mass is 274 g/mol. The summed E-state index contributed by atoms with van der Waals surface area (Å²) in [5.74, 6) is 0.298. The van der Waals surface area contributed by atoms with Crippen molar-refractivity contribution < 1.29 is 0 Å². The fourth-order valence-corrected chi connectivity index (χ4v) is 2.50. The summed E-state index contributed by atoms with van der Waals surface area (Å²) >= 11 is 6.09. The molecule has 0 spiro atoms. The van der Waals surface area contributed by atoms with Crippen molar-refractivity contribution in [2.45, 2.75) is 25.8 Å². The lowest BCUT2D eigenvalue weighted by Crippen LogP contribution is -2.23. The van der Waals surface area contributed by atoms with Gasteiger partial charge in [0.15, 0.2) is 0 Å². The van der Waals surface area contributed by atoms with E-state index in [1.165, 1.54) is 5.56 Å². The Balaban J connectivity index is 2.31. The molecule has 0 saturated heterocycles. The van der Waals surface area contributed by atoms with Gasteiger partial charge in [-0.05, 0) is 43.3 Å². The molecule has 2 atom stereocenters. The smallest absolute Gasteiger partial charge is 0.0450 e. The van der Waals surface area contributed by atoms with E-state index in [2.05, 4.69) is 35.4 Å². The minimum Gasteiger partial charge on any atom is -0.312 e. The molecule has 19 heavy (non-hydrogen) atoms. The number of aryl methyl sites for hydroxylation is 1. The average Bonchev–Trinajstić information content (AvgIpc) is 2.44. The van der Waals surface area contributed by atoms with Crippen molar-refractivity contribution in [3.63, 3.8) is 0 Å². The molecule has 0 bridgehead atoms. The Morgan fingerprint density at radius 1 is 1.21 bits per heavy atom. The third-order valence-electron chi connectivity index (χ3n) is 3.51. The van der Waals surface area contributed by atoms with E-state index in [1.807, 2.05) is 38.4 Å². The minimum atomic E-state index is 0.228. The molecule has 100 valence electrons. The topological polar surface area (TPSA) is 24.9 Å². The molecule has 0 saturated carbocycles. The highest BCUT2D eigenvalue weighted by Gasteiger charge is 2.20. The van der Waals surface area contributed by atoms with Crippen molar-refractivity contribution in [3.8, 4) is 0 Å². The number of likely N-dealkylation sites (N-methyl/N-ethyl adjacent to an activating group) is 1. The zero-order valence-electron chi connectivity index (χ0n) is 11.5. The highest BCUT2D eigenvalue weighted by molar-refractivity contribution is 6.31. The zero-order chi connectivity index (χ0) is 13.8. The second kappa shape index (κ2) is 6.18. The van der Waals surface area contributed by atoms with Gasteiger partial charge in [0.25, 0.3) is 0 Å². The largest absolute Gasteiger partial charge is 0.312 e. The fraction of sp³-hybridized carbons (Fsp3) is 0.312. The summed E-state index contributed by atoms with van der Waals surface area (Å²) in [7, 11) is 1.98. The van der Waals surface area contributed by atoms with Crippen LogP contribution in [-0.4, -0.2) is 12.0 Å². The van der Waals surface area contributed by atoms with Crippen LogP contribution in [0.5, 0.6) is 0 Å². The first kappa shape index (κ1) is 14.0. The summed E-state index contributed by atoms with van der Waals surface area (Å²) in [6, 6.07) is 12.4. The Labute approximate surface area is 119 Å². The number of halogens is 1. The van der Waals surface area contributed by atoms with Crippen LogP contribution in [0.2, 0.25) is 5.02 Å². The van der Waals surface area contributed by atoms with E-state index in [-0.39, 0.29) is 6.04 Å². The molecule has 0 aliphatic carbocycles. The molecular weight excluding hydrogens is 256 g/mol. The van der Waals surface area contributed by atoms with Gasteiger partial charge in [-0.3, -0.25) is 4.98 Å². The lowest BCUT2D eigenvalue weighted by molar-refractivity contribution is 0.499. The van der Waals surface area contributed by atoms with Crippen LogP contribution in [0.25, 0.3) is 0 Å². The van der Waals surface area contributed by atoms with Crippen molar-refractivity contribution in [3.05, 3.63) is 64.4 Å². The molecule has 1 N–H and O–H groups in total. The molecule has 1 aromatic heterocycles. The van der Waals surface area contributed by atoms with Crippen molar-refractivity contribution in [2.75, 3.05) is 7.05 Å². The number of hydrogen-bond acceptors (Lipinski definition) is 2. The van der Waals surface area contributed by atoms with Crippen LogP contribution in [0.1, 0.15) is 35.7 Å². The van der Waals surface area contributed by atoms with Crippen molar-refractivity contribution in [1.29, 1.82) is 0 Å². The maximum atomic E-state index is 6.09. The maximum absolute atomic E-state index is 6.09. The summed E-state index contributed by atoms with van der Waals surface area (Å²) in [6.07, 6.45) is 1.84. The first-order chi connectivity index (χ1) is 9.13. The third kappa shape index (κ3) is 3.14. The van der Waals surface area contributed by atoms with Gasteiger partial charge in [0.2, 0.25) is 0 Å². The van der Waals surface area contributed by atoms with Crippen LogP contribution in [0.4, 0.5) is 0 Å². The van der Waals surface area contributed by atoms with E-state index in [0.717, 1.165) is 16.3 Å². The van der Waals surface area contributed by atoms with Crippen molar-refractivity contribution in [2.24, 2.45) is 0 Å². The van der Waals surface area contributed by atoms with E-state index >= 15 is 0 Å². The standard InChI is InChI=1S/C16H19ClN2/c1-11-10-13(7-8-14(11)17)16(18-3)12(2)15-6-4-5-9-19-15/h4-10,12,16,18H,1-3H3. The second-order valence-electron chi connectivity index (χ2n) is 4.82. The quantitative estimate of drug-likeness (QED) is 0.908. The second-order valence-corrected chi connectivity index (χ2v) is 5.23. The Morgan fingerprint density at radius 2 is 2.00 bits per heavy atom. The normalized spacial score (nSPS) is 14.1. The first-order valence-corrected chi connectivity index (χ1v) is 6.85. The molecule has 0 fully saturated rings. The third-order valence-corrected chi connectivity index (χ3v) is 3.93. The summed E-state index contributed by atoms with van der Waals surface area (Å²) in [6.45, 7) is 4.22. The van der Waals surface area contributed by atoms with Gasteiger partial charge in [0.1, 0.15) is 0 Å². The molecular formula is C16H19ClN2. The molecule has 2 rings (SSSR count). The molecule has 2 nitrogen and oxygen atoms in total. The first-order valence-electron chi connectivity index (χ1n) is 6.47. The van der Waals surface area contributed by atoms with Gasteiger partial charge in [-0.2, -0.15) is 0 Å². The molecule has 1 aromatic carbocycles. The van der Waals surface area contributed by atoms with E-state index in [4.69, 9.17) is 11.6 Å². The maximum Gasteiger partial charge on any atom is 0.0450 e. The van der Waals surface area contributed by atoms with E-state index in [1.54, 1.807) is 0 Å². The zero-order valence-corrected chi connectivity index (χ0v) is 12.3. The number of aromatic nitrogens is 1. The average molecular weight is 275 g/mol. The summed E-state index contributed by atoms with van der Waals surface area (Å²) in [4.78, 5) is 4.45. The lowest BCUT2D eigenvalue weighted by atomic mass is 9.91. The molecule has 2 unspecified atom stereocenters. The lowest BCUT2D eigenvalue weighted by Gasteiger charge is -2.24. The van der Waals surface area contributed by atoms with E-state index < -0.39 is 0 Å². The predicted octanol–water partition coefficient (Wildman–Crippen LogP) is 4.11. The minimum absolute atomic E-state index is 0.228. The van der Waals surface area contributed by atoms with Crippen molar-refractivity contribution >= 4 is 11.6 Å². The Bertz CT molecular complexity index is 540. The molecule has 0 aliphatic rings. The summed E-state index contributed by atoms with van der Waals surface area (Å²) in [5, 5.41) is 4.19.